The number of amides is 2. The predicted octanol–water partition coefficient (Wildman–Crippen LogP) is 3.33. The van der Waals surface area contributed by atoms with E-state index in [-0.39, 0.29) is 0 Å². The molecule has 1 aromatic carbocycles. The molecule has 1 aliphatic rings. The van der Waals surface area contributed by atoms with E-state index in [1.165, 1.54) is 31.3 Å². The number of hydrogen-bond acceptors (Lipinski definition) is 8. The maximum Gasteiger partial charge on any atom is 0.281 e. The van der Waals surface area contributed by atoms with Crippen molar-refractivity contribution in [3.63, 3.8) is 0 Å². The van der Waals surface area contributed by atoms with E-state index in [4.69, 9.17) is 14.2 Å². The molecule has 2 N–H and O–H groups in total. The Balaban J connectivity index is 1.55. The number of benzene rings is 1. The number of hydrazine groups is 1. The largest absolute Gasteiger partial charge is 0.493 e. The summed E-state index contributed by atoms with van der Waals surface area (Å²) in [6, 6.07) is 4.94. The molecule has 1 fully saturated rings. The molecule has 1 aliphatic heterocycles. The van der Waals surface area contributed by atoms with Crippen LogP contribution in [0, 0.1) is 6.92 Å². The Morgan fingerprint density at radius 2 is 1.88 bits per heavy atom. The Morgan fingerprint density at radius 1 is 1.12 bits per heavy atom. The Kier molecular flexibility index (Phi) is 9.32. The number of unbranched alkanes of at least 4 members (excludes halogenated alkanes) is 3. The molecule has 3 rings (SSSR count). The Morgan fingerprint density at radius 3 is 2.61 bits per heavy atom. The molecule has 180 valence electrons. The quantitative estimate of drug-likeness (QED) is 0.401. The second-order valence-electron chi connectivity index (χ2n) is 7.69. The highest BCUT2D eigenvalue weighted by Crippen LogP contribution is 2.29. The molecule has 10 heteroatoms. The number of methoxy groups -OCH3 is 1. The van der Waals surface area contributed by atoms with Gasteiger partial charge >= 0.3 is 0 Å². The van der Waals surface area contributed by atoms with Gasteiger partial charge in [-0.3, -0.25) is 20.4 Å². The van der Waals surface area contributed by atoms with Gasteiger partial charge in [0.05, 0.1) is 32.6 Å². The number of nitrogens with one attached hydrogen (secondary N) is 2. The number of carbonyl (C=O) groups is 2. The Hall–Kier alpha value is -2.85. The van der Waals surface area contributed by atoms with E-state index >= 15 is 0 Å². The number of morpholine rings is 1. The van der Waals surface area contributed by atoms with Crippen molar-refractivity contribution < 1.29 is 23.8 Å². The molecular weight excluding hydrogens is 444 g/mol. The lowest BCUT2D eigenvalue weighted by Crippen LogP contribution is -2.41. The molecule has 0 unspecified atom stereocenters. The van der Waals surface area contributed by atoms with E-state index in [9.17, 15) is 9.59 Å². The van der Waals surface area contributed by atoms with Crippen LogP contribution in [-0.2, 0) is 4.74 Å². The van der Waals surface area contributed by atoms with Crippen molar-refractivity contribution >= 4 is 28.3 Å². The Labute approximate surface area is 198 Å². The average molecular weight is 477 g/mol. The van der Waals surface area contributed by atoms with Crippen LogP contribution in [0.2, 0.25) is 0 Å². The van der Waals surface area contributed by atoms with E-state index in [1.807, 2.05) is 0 Å². The summed E-state index contributed by atoms with van der Waals surface area (Å²) in [5.41, 5.74) is 5.91. The van der Waals surface area contributed by atoms with Gasteiger partial charge in [-0.05, 0) is 31.5 Å². The third-order valence-electron chi connectivity index (χ3n) is 5.24. The van der Waals surface area contributed by atoms with E-state index < -0.39 is 11.8 Å². The monoisotopic (exact) mass is 476 g/mol. The minimum Gasteiger partial charge on any atom is -0.493 e. The number of hydrogen-bond donors (Lipinski definition) is 2. The van der Waals surface area contributed by atoms with Crippen LogP contribution in [0.1, 0.15) is 58.3 Å². The van der Waals surface area contributed by atoms with Crippen molar-refractivity contribution in [3.8, 4) is 11.5 Å². The zero-order chi connectivity index (χ0) is 23.6. The molecule has 1 aromatic heterocycles. The maximum absolute atomic E-state index is 12.6. The van der Waals surface area contributed by atoms with Crippen LogP contribution < -0.4 is 25.2 Å². The van der Waals surface area contributed by atoms with Gasteiger partial charge in [-0.15, -0.1) is 0 Å². The van der Waals surface area contributed by atoms with Gasteiger partial charge in [-0.25, -0.2) is 4.98 Å². The minimum atomic E-state index is -0.452. The average Bonchev–Trinajstić information content (AvgIpc) is 3.24. The molecule has 0 bridgehead atoms. The van der Waals surface area contributed by atoms with Crippen molar-refractivity contribution in [1.29, 1.82) is 0 Å². The van der Waals surface area contributed by atoms with Crippen LogP contribution in [0.5, 0.6) is 11.5 Å². The van der Waals surface area contributed by atoms with E-state index in [1.54, 1.807) is 25.1 Å². The molecule has 2 heterocycles. The highest BCUT2D eigenvalue weighted by Gasteiger charge is 2.21. The van der Waals surface area contributed by atoms with Crippen LogP contribution in [-0.4, -0.2) is 56.8 Å². The number of rotatable bonds is 10. The fourth-order valence-electron chi connectivity index (χ4n) is 3.36. The van der Waals surface area contributed by atoms with E-state index in [0.29, 0.717) is 47.5 Å². The lowest BCUT2D eigenvalue weighted by molar-refractivity contribution is 0.0848. The van der Waals surface area contributed by atoms with Crippen molar-refractivity contribution in [2.75, 3.05) is 44.9 Å². The summed E-state index contributed by atoms with van der Waals surface area (Å²) in [7, 11) is 1.53. The summed E-state index contributed by atoms with van der Waals surface area (Å²) in [5.74, 6) is 0.201. The normalized spacial score (nSPS) is 13.5. The second-order valence-corrected chi connectivity index (χ2v) is 8.67. The fraction of sp³-hybridized carbons (Fsp3) is 0.522. The van der Waals surface area contributed by atoms with Crippen LogP contribution in [0.4, 0.5) is 5.13 Å². The molecule has 33 heavy (non-hydrogen) atoms. The first-order valence-corrected chi connectivity index (χ1v) is 12.1. The first-order chi connectivity index (χ1) is 16.0. The van der Waals surface area contributed by atoms with E-state index in [2.05, 4.69) is 27.7 Å². The minimum absolute atomic E-state index is 0.348. The van der Waals surface area contributed by atoms with Gasteiger partial charge in [0.15, 0.2) is 16.6 Å². The zero-order valence-corrected chi connectivity index (χ0v) is 20.3. The molecule has 1 saturated heterocycles. The molecular formula is C23H32N4O5S. The van der Waals surface area contributed by atoms with Crippen molar-refractivity contribution in [1.82, 2.24) is 15.8 Å². The first kappa shape index (κ1) is 24.8. The summed E-state index contributed by atoms with van der Waals surface area (Å²) < 4.78 is 16.5. The summed E-state index contributed by atoms with van der Waals surface area (Å²) in [6.07, 6.45) is 4.43. The van der Waals surface area contributed by atoms with E-state index in [0.717, 1.165) is 31.1 Å². The van der Waals surface area contributed by atoms with Crippen LogP contribution in [0.15, 0.2) is 18.2 Å². The number of aryl methyl sites for hydroxylation is 1. The lowest BCUT2D eigenvalue weighted by atomic mass is 10.2. The molecule has 2 aromatic rings. The van der Waals surface area contributed by atoms with Gasteiger partial charge < -0.3 is 19.1 Å². The standard InChI is InChI=1S/C23H32N4O5S/c1-4-5-6-7-12-32-18-9-8-17(15-19(18)30-3)21(28)25-26-22(29)20-16(2)24-23(33-20)27-10-13-31-14-11-27/h8-9,15H,4-7,10-14H2,1-3H3,(H,25,28)(H,26,29). The molecule has 2 amide bonds. The molecule has 0 atom stereocenters. The summed E-state index contributed by atoms with van der Waals surface area (Å²) >= 11 is 1.30. The van der Waals surface area contributed by atoms with Gasteiger partial charge in [-0.1, -0.05) is 37.5 Å². The number of aromatic nitrogens is 1. The molecule has 0 spiro atoms. The third kappa shape index (κ3) is 6.82. The van der Waals surface area contributed by atoms with Gasteiger partial charge in [-0.2, -0.15) is 0 Å². The van der Waals surface area contributed by atoms with Gasteiger partial charge in [0.25, 0.3) is 11.8 Å². The topological polar surface area (TPSA) is 102 Å². The first-order valence-electron chi connectivity index (χ1n) is 11.2. The van der Waals surface area contributed by atoms with Gasteiger partial charge in [0.2, 0.25) is 0 Å². The van der Waals surface area contributed by atoms with Crippen molar-refractivity contribution in [3.05, 3.63) is 34.3 Å². The molecule has 0 aliphatic carbocycles. The third-order valence-corrected chi connectivity index (χ3v) is 6.46. The summed E-state index contributed by atoms with van der Waals surface area (Å²) in [6.45, 7) is 7.31. The zero-order valence-electron chi connectivity index (χ0n) is 19.4. The molecule has 0 radical (unpaired) electrons. The number of anilines is 1. The predicted molar refractivity (Wildman–Crippen MR) is 127 cm³/mol. The number of nitrogens with zero attached hydrogens (tertiary/aromatic N) is 2. The summed E-state index contributed by atoms with van der Waals surface area (Å²) in [4.78, 5) is 32.2. The van der Waals surface area contributed by atoms with Gasteiger partial charge in [0, 0.05) is 18.7 Å². The van der Waals surface area contributed by atoms with Crippen molar-refractivity contribution in [2.24, 2.45) is 0 Å². The number of ether oxygens (including phenoxy) is 3. The number of carbonyl (C=O) groups excluding carboxylic acids is 2. The second kappa shape index (κ2) is 12.4. The molecule has 9 nitrogen and oxygen atoms in total. The van der Waals surface area contributed by atoms with Crippen LogP contribution >= 0.6 is 11.3 Å². The van der Waals surface area contributed by atoms with Crippen LogP contribution in [0.25, 0.3) is 0 Å². The van der Waals surface area contributed by atoms with Gasteiger partial charge in [0.1, 0.15) is 4.88 Å². The Bertz CT molecular complexity index is 943. The lowest BCUT2D eigenvalue weighted by Gasteiger charge is -2.25. The smallest absolute Gasteiger partial charge is 0.281 e. The fourth-order valence-corrected chi connectivity index (χ4v) is 4.38. The highest BCUT2D eigenvalue weighted by molar-refractivity contribution is 7.17. The van der Waals surface area contributed by atoms with Crippen molar-refractivity contribution in [2.45, 2.75) is 39.5 Å². The maximum atomic E-state index is 12.6. The van der Waals surface area contributed by atoms with Crippen LogP contribution in [0.3, 0.4) is 0 Å². The summed E-state index contributed by atoms with van der Waals surface area (Å²) in [5, 5.41) is 0.780. The highest BCUT2D eigenvalue weighted by atomic mass is 32.1. The molecule has 0 saturated carbocycles. The SMILES string of the molecule is CCCCCCOc1ccc(C(=O)NNC(=O)c2sc(N3CCOCC3)nc2C)cc1OC. The number of thiazole rings is 1.